The third-order valence-electron chi connectivity index (χ3n) is 7.03. The molecular formula is C35H41NO3. The van der Waals surface area contributed by atoms with Gasteiger partial charge in [-0.3, -0.25) is 4.79 Å². The number of carbonyl (C=O) groups is 1. The van der Waals surface area contributed by atoms with Crippen molar-refractivity contribution in [1.82, 2.24) is 5.32 Å². The SMILES string of the molecule is Cc1c(C#Cc2ccc(CNCC(=O)OC(C)(C)C)c(OCC3CCCCC3)c2)cccc1-c1ccccc1. The third kappa shape index (κ3) is 8.73. The maximum Gasteiger partial charge on any atom is 0.320 e. The molecule has 3 aromatic carbocycles. The number of hydrogen-bond donors (Lipinski definition) is 1. The van der Waals surface area contributed by atoms with E-state index in [0.29, 0.717) is 19.1 Å². The molecule has 0 aliphatic heterocycles. The summed E-state index contributed by atoms with van der Waals surface area (Å²) in [4.78, 5) is 12.1. The van der Waals surface area contributed by atoms with Gasteiger partial charge in [0, 0.05) is 23.2 Å². The lowest BCUT2D eigenvalue weighted by Crippen LogP contribution is -2.31. The fraction of sp³-hybridized carbons (Fsp3) is 0.400. The first-order chi connectivity index (χ1) is 18.8. The normalized spacial score (nSPS) is 13.8. The summed E-state index contributed by atoms with van der Waals surface area (Å²) >= 11 is 0. The van der Waals surface area contributed by atoms with Crippen LogP contribution in [0.1, 0.15) is 75.1 Å². The summed E-state index contributed by atoms with van der Waals surface area (Å²) in [5.74, 6) is 7.92. The molecule has 0 aromatic heterocycles. The van der Waals surface area contributed by atoms with Crippen LogP contribution in [-0.2, 0) is 16.1 Å². The highest BCUT2D eigenvalue weighted by Crippen LogP contribution is 2.28. The van der Waals surface area contributed by atoms with Crippen molar-refractivity contribution in [2.24, 2.45) is 5.92 Å². The largest absolute Gasteiger partial charge is 0.493 e. The Kier molecular flexibility index (Phi) is 9.85. The summed E-state index contributed by atoms with van der Waals surface area (Å²) in [6, 6.07) is 22.8. The zero-order valence-electron chi connectivity index (χ0n) is 23.8. The number of carbonyl (C=O) groups excluding carboxylic acids is 1. The summed E-state index contributed by atoms with van der Waals surface area (Å²) in [5, 5.41) is 3.22. The molecule has 1 N–H and O–H groups in total. The van der Waals surface area contributed by atoms with Gasteiger partial charge in [-0.15, -0.1) is 0 Å². The lowest BCUT2D eigenvalue weighted by Gasteiger charge is -2.23. The van der Waals surface area contributed by atoms with E-state index in [1.807, 2.05) is 39.0 Å². The number of ether oxygens (including phenoxy) is 2. The van der Waals surface area contributed by atoms with Crippen molar-refractivity contribution >= 4 is 5.97 Å². The van der Waals surface area contributed by atoms with Gasteiger partial charge in [-0.25, -0.2) is 0 Å². The average molecular weight is 524 g/mol. The van der Waals surface area contributed by atoms with Crippen molar-refractivity contribution < 1.29 is 14.3 Å². The molecule has 1 aliphatic rings. The maximum atomic E-state index is 12.1. The number of nitrogens with one attached hydrogen (secondary N) is 1. The van der Waals surface area contributed by atoms with Crippen LogP contribution in [0.3, 0.4) is 0 Å². The molecule has 4 nitrogen and oxygen atoms in total. The Morgan fingerprint density at radius 2 is 1.72 bits per heavy atom. The quantitative estimate of drug-likeness (QED) is 0.246. The van der Waals surface area contributed by atoms with Crippen LogP contribution in [0.25, 0.3) is 11.1 Å². The first-order valence-electron chi connectivity index (χ1n) is 14.1. The van der Waals surface area contributed by atoms with Crippen LogP contribution in [-0.4, -0.2) is 24.7 Å². The van der Waals surface area contributed by atoms with Crippen LogP contribution in [0.5, 0.6) is 5.75 Å². The monoisotopic (exact) mass is 523 g/mol. The Hall–Kier alpha value is -3.55. The van der Waals surface area contributed by atoms with Crippen LogP contribution < -0.4 is 10.1 Å². The fourth-order valence-electron chi connectivity index (χ4n) is 4.99. The van der Waals surface area contributed by atoms with E-state index in [9.17, 15) is 4.79 Å². The molecule has 0 saturated heterocycles. The van der Waals surface area contributed by atoms with Gasteiger partial charge >= 0.3 is 5.97 Å². The van der Waals surface area contributed by atoms with E-state index >= 15 is 0 Å². The van der Waals surface area contributed by atoms with Gasteiger partial charge in [-0.1, -0.05) is 79.6 Å². The lowest BCUT2D eigenvalue weighted by molar-refractivity contribution is -0.153. The van der Waals surface area contributed by atoms with E-state index in [2.05, 4.69) is 72.6 Å². The first kappa shape index (κ1) is 28.5. The van der Waals surface area contributed by atoms with Gasteiger partial charge in [0.1, 0.15) is 11.4 Å². The fourth-order valence-corrected chi connectivity index (χ4v) is 4.99. The second-order valence-electron chi connectivity index (χ2n) is 11.4. The van der Waals surface area contributed by atoms with Crippen molar-refractivity contribution in [3.05, 3.63) is 89.0 Å². The predicted molar refractivity (Wildman–Crippen MR) is 159 cm³/mol. The number of benzene rings is 3. The molecular weight excluding hydrogens is 482 g/mol. The van der Waals surface area contributed by atoms with Gasteiger partial charge in [0.05, 0.1) is 13.2 Å². The minimum atomic E-state index is -0.494. The minimum Gasteiger partial charge on any atom is -0.493 e. The molecule has 1 saturated carbocycles. The van der Waals surface area contributed by atoms with Gasteiger partial charge < -0.3 is 14.8 Å². The molecule has 0 radical (unpaired) electrons. The van der Waals surface area contributed by atoms with E-state index in [1.165, 1.54) is 48.8 Å². The Labute approximate surface area is 234 Å². The predicted octanol–water partition coefficient (Wildman–Crippen LogP) is 7.45. The van der Waals surface area contributed by atoms with Gasteiger partial charge in [-0.05, 0) is 81.3 Å². The summed E-state index contributed by atoms with van der Waals surface area (Å²) in [7, 11) is 0. The van der Waals surface area contributed by atoms with Gasteiger partial charge in [-0.2, -0.15) is 0 Å². The maximum absolute atomic E-state index is 12.1. The molecule has 1 aliphatic carbocycles. The second kappa shape index (κ2) is 13.5. The Morgan fingerprint density at radius 1 is 0.949 bits per heavy atom. The molecule has 0 atom stereocenters. The zero-order chi connectivity index (χ0) is 27.7. The molecule has 204 valence electrons. The number of hydrogen-bond acceptors (Lipinski definition) is 4. The van der Waals surface area contributed by atoms with E-state index in [0.717, 1.165) is 22.4 Å². The van der Waals surface area contributed by atoms with Crippen molar-refractivity contribution in [2.45, 2.75) is 71.9 Å². The summed E-state index contributed by atoms with van der Waals surface area (Å²) in [6.07, 6.45) is 6.34. The van der Waals surface area contributed by atoms with Crippen LogP contribution in [0.4, 0.5) is 0 Å². The van der Waals surface area contributed by atoms with Crippen LogP contribution in [0.2, 0.25) is 0 Å². The highest BCUT2D eigenvalue weighted by atomic mass is 16.6. The standard InChI is InChI=1S/C35H41NO3/c1-26-29(16-11-17-32(26)30-14-9-6-10-15-30)20-18-27-19-21-31(23-36-24-34(37)39-35(2,3)4)33(22-27)38-25-28-12-7-5-8-13-28/h6,9-11,14-17,19,21-22,28,36H,5,7-8,12-13,23-25H2,1-4H3. The van der Waals surface area contributed by atoms with Crippen molar-refractivity contribution in [2.75, 3.05) is 13.2 Å². The Bertz CT molecular complexity index is 1310. The molecule has 4 rings (SSSR count). The molecule has 4 heteroatoms. The van der Waals surface area contributed by atoms with Gasteiger partial charge in [0.15, 0.2) is 0 Å². The van der Waals surface area contributed by atoms with Crippen molar-refractivity contribution in [3.63, 3.8) is 0 Å². The molecule has 0 heterocycles. The Balaban J connectivity index is 1.51. The second-order valence-corrected chi connectivity index (χ2v) is 11.4. The average Bonchev–Trinajstić information content (AvgIpc) is 2.92. The van der Waals surface area contributed by atoms with Crippen LogP contribution in [0, 0.1) is 24.7 Å². The van der Waals surface area contributed by atoms with Crippen molar-refractivity contribution in [3.8, 4) is 28.7 Å². The number of esters is 1. The molecule has 39 heavy (non-hydrogen) atoms. The summed E-state index contributed by atoms with van der Waals surface area (Å²) < 4.78 is 11.8. The molecule has 3 aromatic rings. The smallest absolute Gasteiger partial charge is 0.320 e. The van der Waals surface area contributed by atoms with E-state index < -0.39 is 5.60 Å². The van der Waals surface area contributed by atoms with E-state index in [1.54, 1.807) is 0 Å². The molecule has 0 spiro atoms. The number of rotatable bonds is 8. The molecule has 0 amide bonds. The van der Waals surface area contributed by atoms with Gasteiger partial charge in [0.25, 0.3) is 0 Å². The molecule has 0 bridgehead atoms. The van der Waals surface area contributed by atoms with Crippen LogP contribution >= 0.6 is 0 Å². The Morgan fingerprint density at radius 3 is 2.46 bits per heavy atom. The molecule has 1 fully saturated rings. The summed E-state index contributed by atoms with van der Waals surface area (Å²) in [6.45, 7) is 9.14. The molecule has 0 unspecified atom stereocenters. The zero-order valence-corrected chi connectivity index (χ0v) is 23.8. The van der Waals surface area contributed by atoms with E-state index in [4.69, 9.17) is 9.47 Å². The highest BCUT2D eigenvalue weighted by molar-refractivity contribution is 5.72. The van der Waals surface area contributed by atoms with Crippen LogP contribution in [0.15, 0.2) is 66.7 Å². The van der Waals surface area contributed by atoms with E-state index in [-0.39, 0.29) is 12.5 Å². The van der Waals surface area contributed by atoms with Gasteiger partial charge in [0.2, 0.25) is 0 Å². The topological polar surface area (TPSA) is 47.6 Å². The third-order valence-corrected chi connectivity index (χ3v) is 7.03. The summed E-state index contributed by atoms with van der Waals surface area (Å²) in [5.41, 5.74) is 6.02. The minimum absolute atomic E-state index is 0.151. The first-order valence-corrected chi connectivity index (χ1v) is 14.1. The highest BCUT2D eigenvalue weighted by Gasteiger charge is 2.17. The van der Waals surface area contributed by atoms with Crippen molar-refractivity contribution in [1.29, 1.82) is 0 Å². The lowest BCUT2D eigenvalue weighted by atomic mass is 9.90.